The minimum atomic E-state index is -0.813. The average Bonchev–Trinajstić information content (AvgIpc) is 3.51. The molecule has 0 saturated carbocycles. The molecule has 1 aliphatic heterocycles. The van der Waals surface area contributed by atoms with Crippen molar-refractivity contribution in [1.82, 2.24) is 4.90 Å². The first-order chi connectivity index (χ1) is 18.0. The van der Waals surface area contributed by atoms with Gasteiger partial charge in [0, 0.05) is 4.88 Å². The Morgan fingerprint density at radius 1 is 0.946 bits per heavy atom. The Kier molecular flexibility index (Phi) is 6.79. The van der Waals surface area contributed by atoms with E-state index in [-0.39, 0.29) is 17.9 Å². The summed E-state index contributed by atoms with van der Waals surface area (Å²) in [5.41, 5.74) is 1.91. The molecule has 0 spiro atoms. The third kappa shape index (κ3) is 4.86. The Hall–Kier alpha value is -4.36. The number of carbonyl (C=O) groups excluding carboxylic acids is 2. The highest BCUT2D eigenvalue weighted by molar-refractivity contribution is 7.09. The van der Waals surface area contributed by atoms with E-state index in [1.807, 2.05) is 79.0 Å². The number of Topliss-reactive ketones (excluding diaryl/α,β-unsaturated/α-hetero) is 1. The van der Waals surface area contributed by atoms with E-state index < -0.39 is 17.7 Å². The van der Waals surface area contributed by atoms with Gasteiger partial charge in [0.15, 0.2) is 0 Å². The number of aryl methyl sites for hydroxylation is 1. The lowest BCUT2D eigenvalue weighted by Crippen LogP contribution is -2.28. The molecule has 1 N–H and O–H groups in total. The zero-order valence-corrected chi connectivity index (χ0v) is 21.2. The van der Waals surface area contributed by atoms with Crippen LogP contribution in [0.2, 0.25) is 0 Å². The molecule has 2 heterocycles. The van der Waals surface area contributed by atoms with Crippen molar-refractivity contribution in [3.8, 4) is 17.2 Å². The van der Waals surface area contributed by atoms with E-state index in [2.05, 4.69) is 0 Å². The monoisotopic (exact) mass is 511 g/mol. The number of thiophene rings is 1. The minimum Gasteiger partial charge on any atom is -0.507 e. The van der Waals surface area contributed by atoms with Crippen LogP contribution in [-0.2, 0) is 16.1 Å². The van der Waals surface area contributed by atoms with Crippen LogP contribution in [0.15, 0.2) is 95.9 Å². The summed E-state index contributed by atoms with van der Waals surface area (Å²) in [5, 5.41) is 13.4. The molecule has 1 saturated heterocycles. The van der Waals surface area contributed by atoms with Gasteiger partial charge in [-0.05, 0) is 60.3 Å². The summed E-state index contributed by atoms with van der Waals surface area (Å²) in [7, 11) is 1.50. The maximum Gasteiger partial charge on any atom is 0.295 e. The van der Waals surface area contributed by atoms with Crippen molar-refractivity contribution in [2.24, 2.45) is 0 Å². The van der Waals surface area contributed by atoms with Crippen molar-refractivity contribution in [3.05, 3.63) is 117 Å². The topological polar surface area (TPSA) is 76.1 Å². The molecular formula is C30H25NO5S. The Morgan fingerprint density at radius 2 is 1.73 bits per heavy atom. The summed E-state index contributed by atoms with van der Waals surface area (Å²) in [6.45, 7) is 2.12. The molecule has 186 valence electrons. The van der Waals surface area contributed by atoms with Crippen LogP contribution in [0.1, 0.15) is 27.6 Å². The summed E-state index contributed by atoms with van der Waals surface area (Å²) in [5.74, 6) is -0.0484. The first kappa shape index (κ1) is 24.3. The molecular weight excluding hydrogens is 486 g/mol. The van der Waals surface area contributed by atoms with E-state index in [0.29, 0.717) is 28.4 Å². The molecule has 7 heteroatoms. The lowest BCUT2D eigenvalue weighted by Gasteiger charge is -2.25. The van der Waals surface area contributed by atoms with E-state index in [1.165, 1.54) is 23.3 Å². The maximum atomic E-state index is 13.4. The van der Waals surface area contributed by atoms with Crippen molar-refractivity contribution >= 4 is 28.8 Å². The normalized spacial score (nSPS) is 16.7. The number of ether oxygens (including phenoxy) is 2. The fourth-order valence-corrected chi connectivity index (χ4v) is 5.19. The summed E-state index contributed by atoms with van der Waals surface area (Å²) >= 11 is 1.50. The predicted molar refractivity (Wildman–Crippen MR) is 143 cm³/mol. The van der Waals surface area contributed by atoms with E-state index in [1.54, 1.807) is 18.2 Å². The Morgan fingerprint density at radius 3 is 2.46 bits per heavy atom. The number of nitrogens with zero attached hydrogens (tertiary/aromatic N) is 1. The van der Waals surface area contributed by atoms with E-state index in [0.717, 1.165) is 10.4 Å². The highest BCUT2D eigenvalue weighted by atomic mass is 32.1. The molecule has 1 atom stereocenters. The fourth-order valence-electron chi connectivity index (χ4n) is 4.48. The third-order valence-corrected chi connectivity index (χ3v) is 7.07. The lowest BCUT2D eigenvalue weighted by atomic mass is 9.94. The smallest absolute Gasteiger partial charge is 0.295 e. The summed E-state index contributed by atoms with van der Waals surface area (Å²) < 4.78 is 11.5. The number of carbonyl (C=O) groups is 2. The van der Waals surface area contributed by atoms with Crippen LogP contribution >= 0.6 is 11.3 Å². The van der Waals surface area contributed by atoms with Crippen molar-refractivity contribution in [1.29, 1.82) is 0 Å². The third-order valence-electron chi connectivity index (χ3n) is 6.21. The maximum absolute atomic E-state index is 13.4. The molecule has 4 aromatic rings. The summed E-state index contributed by atoms with van der Waals surface area (Å²) in [6.07, 6.45) is 0. The van der Waals surface area contributed by atoms with Crippen molar-refractivity contribution < 1.29 is 24.2 Å². The molecule has 37 heavy (non-hydrogen) atoms. The van der Waals surface area contributed by atoms with E-state index >= 15 is 0 Å². The minimum absolute atomic E-state index is 0.0160. The van der Waals surface area contributed by atoms with E-state index in [9.17, 15) is 14.7 Å². The van der Waals surface area contributed by atoms with Crippen LogP contribution in [-0.4, -0.2) is 28.8 Å². The number of aliphatic hydroxyl groups excluding tert-OH is 1. The van der Waals surface area contributed by atoms with Gasteiger partial charge in [0.2, 0.25) is 0 Å². The molecule has 1 aromatic heterocycles. The van der Waals surface area contributed by atoms with Gasteiger partial charge in [-0.15, -0.1) is 11.3 Å². The SMILES string of the molecule is COc1ccc(C)cc1/C(O)=C1\C(=O)C(=O)N(Cc2cccs2)C1c1cccc(Oc2ccccc2)c1. The zero-order chi connectivity index (χ0) is 25.9. The average molecular weight is 512 g/mol. The molecule has 5 rings (SSSR count). The molecule has 1 fully saturated rings. The molecule has 1 aliphatic rings. The number of benzene rings is 3. The second-order valence-corrected chi connectivity index (χ2v) is 9.73. The van der Waals surface area contributed by atoms with Gasteiger partial charge in [-0.2, -0.15) is 0 Å². The quantitative estimate of drug-likeness (QED) is 0.175. The van der Waals surface area contributed by atoms with Gasteiger partial charge in [0.25, 0.3) is 11.7 Å². The second kappa shape index (κ2) is 10.3. The number of rotatable bonds is 7. The first-order valence-electron chi connectivity index (χ1n) is 11.7. The van der Waals surface area contributed by atoms with Crippen LogP contribution < -0.4 is 9.47 Å². The van der Waals surface area contributed by atoms with Crippen LogP contribution in [0.3, 0.4) is 0 Å². The van der Waals surface area contributed by atoms with Gasteiger partial charge in [-0.3, -0.25) is 9.59 Å². The highest BCUT2D eigenvalue weighted by Crippen LogP contribution is 2.43. The van der Waals surface area contributed by atoms with Gasteiger partial charge in [0.05, 0.1) is 30.8 Å². The van der Waals surface area contributed by atoms with Gasteiger partial charge >= 0.3 is 0 Å². The van der Waals surface area contributed by atoms with Crippen molar-refractivity contribution in [3.63, 3.8) is 0 Å². The van der Waals surface area contributed by atoms with Crippen molar-refractivity contribution in [2.45, 2.75) is 19.5 Å². The predicted octanol–water partition coefficient (Wildman–Crippen LogP) is 6.48. The Bertz CT molecular complexity index is 1480. The second-order valence-electron chi connectivity index (χ2n) is 8.70. The summed E-state index contributed by atoms with van der Waals surface area (Å²) in [6, 6.07) is 24.9. The zero-order valence-electron chi connectivity index (χ0n) is 20.4. The number of para-hydroxylation sites is 1. The highest BCUT2D eigenvalue weighted by Gasteiger charge is 2.46. The van der Waals surface area contributed by atoms with E-state index in [4.69, 9.17) is 9.47 Å². The molecule has 3 aromatic carbocycles. The number of hydrogen-bond acceptors (Lipinski definition) is 6. The number of hydrogen-bond donors (Lipinski definition) is 1. The first-order valence-corrected chi connectivity index (χ1v) is 12.6. The molecule has 1 unspecified atom stereocenters. The van der Waals surface area contributed by atoms with Gasteiger partial charge in [0.1, 0.15) is 23.0 Å². The number of ketones is 1. The summed E-state index contributed by atoms with van der Waals surface area (Å²) in [4.78, 5) is 29.2. The van der Waals surface area contributed by atoms with Crippen LogP contribution in [0.25, 0.3) is 5.76 Å². The molecule has 6 nitrogen and oxygen atoms in total. The van der Waals surface area contributed by atoms with Gasteiger partial charge in [-0.25, -0.2) is 0 Å². The standard InChI is InChI=1S/C30H25NO5S/c1-19-13-14-25(35-2)24(16-19)28(32)26-27(31(30(34)29(26)33)18-23-12-7-15-37-23)20-8-6-11-22(17-20)36-21-9-4-3-5-10-21/h3-17,27,32H,18H2,1-2H3/b28-26+. The lowest BCUT2D eigenvalue weighted by molar-refractivity contribution is -0.140. The Labute approximate surface area is 219 Å². The van der Waals surface area contributed by atoms with Crippen LogP contribution in [0.4, 0.5) is 0 Å². The molecule has 0 radical (unpaired) electrons. The van der Waals surface area contributed by atoms with Gasteiger partial charge in [-0.1, -0.05) is 48.0 Å². The number of amides is 1. The fraction of sp³-hybridized carbons (Fsp3) is 0.133. The molecule has 1 amide bonds. The van der Waals surface area contributed by atoms with Crippen LogP contribution in [0, 0.1) is 6.92 Å². The number of likely N-dealkylation sites (tertiary alicyclic amines) is 1. The molecule has 0 bridgehead atoms. The van der Waals surface area contributed by atoms with Crippen LogP contribution in [0.5, 0.6) is 17.2 Å². The Balaban J connectivity index is 1.65. The molecule has 0 aliphatic carbocycles. The largest absolute Gasteiger partial charge is 0.507 e. The number of aliphatic hydroxyl groups is 1. The number of methoxy groups -OCH3 is 1. The van der Waals surface area contributed by atoms with Crippen molar-refractivity contribution in [2.75, 3.05) is 7.11 Å². The van der Waals surface area contributed by atoms with Gasteiger partial charge < -0.3 is 19.5 Å².